The van der Waals surface area contributed by atoms with Gasteiger partial charge in [0, 0.05) is 11.4 Å². The summed E-state index contributed by atoms with van der Waals surface area (Å²) in [6.07, 6.45) is 1.25. The van der Waals surface area contributed by atoms with Crippen LogP contribution >= 0.6 is 0 Å². The minimum atomic E-state index is -0.366. The molecule has 3 aromatic rings. The van der Waals surface area contributed by atoms with Crippen molar-refractivity contribution < 1.29 is 9.21 Å². The third-order valence-corrected chi connectivity index (χ3v) is 4.02. The molecule has 1 aromatic heterocycles. The Kier molecular flexibility index (Phi) is 3.15. The minimum absolute atomic E-state index is 0.0358. The maximum atomic E-state index is 13.1. The van der Waals surface area contributed by atoms with E-state index in [1.165, 1.54) is 0 Å². The average Bonchev–Trinajstić information content (AvgIpc) is 3.09. The first-order valence-corrected chi connectivity index (χ1v) is 7.53. The Morgan fingerprint density at radius 1 is 1.04 bits per heavy atom. The largest absolute Gasteiger partial charge is 0.465 e. The number of furan rings is 1. The molecule has 0 aliphatic carbocycles. The van der Waals surface area contributed by atoms with Crippen molar-refractivity contribution in [2.24, 2.45) is 0 Å². The molecular weight excluding hydrogens is 288 g/mol. The van der Waals surface area contributed by atoms with Crippen molar-refractivity contribution in [3.63, 3.8) is 0 Å². The Morgan fingerprint density at radius 2 is 1.91 bits per heavy atom. The van der Waals surface area contributed by atoms with Crippen LogP contribution in [0.15, 0.2) is 71.3 Å². The number of amides is 1. The number of hydrogen-bond acceptors (Lipinski definition) is 3. The minimum Gasteiger partial charge on any atom is -0.465 e. The summed E-state index contributed by atoms with van der Waals surface area (Å²) in [5.74, 6) is 0.667. The molecule has 1 amide bonds. The summed E-state index contributed by atoms with van der Waals surface area (Å²) in [6, 6.07) is 19.2. The predicted molar refractivity (Wildman–Crippen MR) is 89.5 cm³/mol. The molecule has 0 spiro atoms. The van der Waals surface area contributed by atoms with Crippen LogP contribution in [0.4, 0.5) is 11.4 Å². The normalized spacial score (nSPS) is 16.8. The van der Waals surface area contributed by atoms with Crippen LogP contribution in [0, 0.1) is 6.92 Å². The number of hydrogen-bond donors (Lipinski definition) is 1. The van der Waals surface area contributed by atoms with Gasteiger partial charge in [0.25, 0.3) is 5.91 Å². The summed E-state index contributed by atoms with van der Waals surface area (Å²) < 4.78 is 5.56. The molecule has 0 saturated heterocycles. The van der Waals surface area contributed by atoms with Gasteiger partial charge in [-0.1, -0.05) is 24.3 Å². The Hall–Kier alpha value is -3.01. The van der Waals surface area contributed by atoms with Gasteiger partial charge >= 0.3 is 0 Å². The predicted octanol–water partition coefficient (Wildman–Crippen LogP) is 4.36. The van der Waals surface area contributed by atoms with Crippen LogP contribution in [-0.4, -0.2) is 5.91 Å². The molecule has 0 saturated carbocycles. The number of anilines is 2. The molecule has 0 fully saturated rings. The molecule has 1 N–H and O–H groups in total. The molecule has 114 valence electrons. The van der Waals surface area contributed by atoms with Crippen molar-refractivity contribution in [1.82, 2.24) is 0 Å². The highest BCUT2D eigenvalue weighted by Gasteiger charge is 2.35. The van der Waals surface area contributed by atoms with E-state index in [9.17, 15) is 4.79 Å². The molecule has 4 rings (SSSR count). The van der Waals surface area contributed by atoms with Gasteiger partial charge in [-0.25, -0.2) is 0 Å². The fourth-order valence-electron chi connectivity index (χ4n) is 2.94. The molecule has 4 heteroatoms. The zero-order valence-electron chi connectivity index (χ0n) is 12.7. The van der Waals surface area contributed by atoms with Crippen LogP contribution in [-0.2, 0) is 0 Å². The van der Waals surface area contributed by atoms with E-state index >= 15 is 0 Å². The summed E-state index contributed by atoms with van der Waals surface area (Å²) in [5.41, 5.74) is 3.44. The molecule has 1 aliphatic rings. The number of para-hydroxylation sites is 1. The van der Waals surface area contributed by atoms with Crippen molar-refractivity contribution >= 4 is 17.3 Å². The zero-order chi connectivity index (χ0) is 15.8. The maximum Gasteiger partial charge on any atom is 0.262 e. The van der Waals surface area contributed by atoms with E-state index in [0.717, 1.165) is 16.9 Å². The second-order valence-electron chi connectivity index (χ2n) is 5.62. The van der Waals surface area contributed by atoms with Gasteiger partial charge in [0.1, 0.15) is 5.76 Å². The molecule has 4 nitrogen and oxygen atoms in total. The van der Waals surface area contributed by atoms with Crippen LogP contribution in [0.5, 0.6) is 0 Å². The number of carbonyl (C=O) groups is 1. The van der Waals surface area contributed by atoms with Gasteiger partial charge in [-0.3, -0.25) is 9.69 Å². The van der Waals surface area contributed by atoms with Crippen molar-refractivity contribution in [1.29, 1.82) is 0 Å². The molecule has 1 atom stereocenters. The number of rotatable bonds is 2. The average molecular weight is 304 g/mol. The Balaban J connectivity index is 1.87. The lowest BCUT2D eigenvalue weighted by Gasteiger charge is -2.36. The topological polar surface area (TPSA) is 45.5 Å². The third kappa shape index (κ3) is 2.28. The number of nitrogens with zero attached hydrogens (tertiary/aromatic N) is 1. The summed E-state index contributed by atoms with van der Waals surface area (Å²) in [6.45, 7) is 2.02. The summed E-state index contributed by atoms with van der Waals surface area (Å²) >= 11 is 0. The van der Waals surface area contributed by atoms with E-state index in [1.807, 2.05) is 67.6 Å². The van der Waals surface area contributed by atoms with Gasteiger partial charge < -0.3 is 9.73 Å². The van der Waals surface area contributed by atoms with Gasteiger partial charge in [0.05, 0.1) is 11.8 Å². The van der Waals surface area contributed by atoms with Crippen LogP contribution < -0.4 is 10.2 Å². The van der Waals surface area contributed by atoms with Crippen LogP contribution in [0.25, 0.3) is 0 Å². The van der Waals surface area contributed by atoms with Crippen molar-refractivity contribution in [3.8, 4) is 0 Å². The highest BCUT2D eigenvalue weighted by atomic mass is 16.3. The molecule has 23 heavy (non-hydrogen) atoms. The Bertz CT molecular complexity index is 855. The van der Waals surface area contributed by atoms with Crippen LogP contribution in [0.2, 0.25) is 0 Å². The molecular formula is C19H16N2O2. The highest BCUT2D eigenvalue weighted by molar-refractivity contribution is 6.12. The van der Waals surface area contributed by atoms with Gasteiger partial charge in [-0.2, -0.15) is 0 Å². The molecule has 0 bridgehead atoms. The molecule has 0 radical (unpaired) electrons. The van der Waals surface area contributed by atoms with Crippen molar-refractivity contribution in [2.45, 2.75) is 13.1 Å². The molecule has 2 heterocycles. The second kappa shape index (κ2) is 5.32. The standard InChI is InChI=1S/C19H16N2O2/c1-13-6-4-7-14(12-13)21-18(17-10-5-11-23-17)20-16-9-3-2-8-15(16)19(21)22/h2-12,18,20H,1H3/t18-/m0/s1. The van der Waals surface area contributed by atoms with Gasteiger partial charge in [0.2, 0.25) is 0 Å². The van der Waals surface area contributed by atoms with Gasteiger partial charge in [-0.05, 0) is 48.9 Å². The van der Waals surface area contributed by atoms with Gasteiger partial charge in [-0.15, -0.1) is 0 Å². The third-order valence-electron chi connectivity index (χ3n) is 4.02. The summed E-state index contributed by atoms with van der Waals surface area (Å²) in [5, 5.41) is 3.41. The Labute approximate surface area is 134 Å². The highest BCUT2D eigenvalue weighted by Crippen LogP contribution is 2.36. The first-order valence-electron chi connectivity index (χ1n) is 7.53. The maximum absolute atomic E-state index is 13.1. The molecule has 2 aromatic carbocycles. The number of nitrogens with one attached hydrogen (secondary N) is 1. The smallest absolute Gasteiger partial charge is 0.262 e. The van der Waals surface area contributed by atoms with E-state index in [1.54, 1.807) is 11.2 Å². The monoisotopic (exact) mass is 304 g/mol. The van der Waals surface area contributed by atoms with E-state index in [-0.39, 0.29) is 12.1 Å². The number of aryl methyl sites for hydroxylation is 1. The first-order chi connectivity index (χ1) is 11.2. The van der Waals surface area contributed by atoms with E-state index < -0.39 is 0 Å². The van der Waals surface area contributed by atoms with E-state index in [4.69, 9.17) is 4.42 Å². The number of carbonyl (C=O) groups excluding carboxylic acids is 1. The fraction of sp³-hybridized carbons (Fsp3) is 0.105. The van der Waals surface area contributed by atoms with Crippen molar-refractivity contribution in [2.75, 3.05) is 10.2 Å². The van der Waals surface area contributed by atoms with Crippen LogP contribution in [0.1, 0.15) is 27.8 Å². The summed E-state index contributed by atoms with van der Waals surface area (Å²) in [7, 11) is 0. The fourth-order valence-corrected chi connectivity index (χ4v) is 2.94. The van der Waals surface area contributed by atoms with E-state index in [0.29, 0.717) is 11.3 Å². The quantitative estimate of drug-likeness (QED) is 0.765. The lowest BCUT2D eigenvalue weighted by atomic mass is 10.0. The van der Waals surface area contributed by atoms with Crippen LogP contribution in [0.3, 0.4) is 0 Å². The van der Waals surface area contributed by atoms with Crippen molar-refractivity contribution in [3.05, 3.63) is 83.8 Å². The van der Waals surface area contributed by atoms with E-state index in [2.05, 4.69) is 5.32 Å². The number of benzene rings is 2. The van der Waals surface area contributed by atoms with Gasteiger partial charge in [0.15, 0.2) is 6.17 Å². The lowest BCUT2D eigenvalue weighted by Crippen LogP contribution is -2.43. The molecule has 1 aliphatic heterocycles. The number of fused-ring (bicyclic) bond motifs is 1. The second-order valence-corrected chi connectivity index (χ2v) is 5.62. The molecule has 0 unspecified atom stereocenters. The zero-order valence-corrected chi connectivity index (χ0v) is 12.7. The Morgan fingerprint density at radius 3 is 2.70 bits per heavy atom. The lowest BCUT2D eigenvalue weighted by molar-refractivity contribution is 0.0972. The summed E-state index contributed by atoms with van der Waals surface area (Å²) in [4.78, 5) is 14.8. The SMILES string of the molecule is Cc1cccc(N2C(=O)c3ccccc3N[C@@H]2c2ccco2)c1. The first kappa shape index (κ1) is 13.6.